The molecule has 0 aliphatic rings. The highest BCUT2D eigenvalue weighted by molar-refractivity contribution is 6.04. The molecule has 0 spiro atoms. The van der Waals surface area contributed by atoms with Gasteiger partial charge in [-0.15, -0.1) is 0 Å². The van der Waals surface area contributed by atoms with Gasteiger partial charge in [0, 0.05) is 11.9 Å². The number of methoxy groups -OCH3 is 1. The van der Waals surface area contributed by atoms with Crippen molar-refractivity contribution in [3.8, 4) is 0 Å². The summed E-state index contributed by atoms with van der Waals surface area (Å²) in [5.74, 6) is -0.918. The molecule has 3 rings (SSSR count). The first-order valence-electron chi connectivity index (χ1n) is 8.42. The van der Waals surface area contributed by atoms with Crippen LogP contribution in [0.2, 0.25) is 0 Å². The summed E-state index contributed by atoms with van der Waals surface area (Å²) in [4.78, 5) is 44.5. The number of amides is 1. The Kier molecular flexibility index (Phi) is 5.35. The van der Waals surface area contributed by atoms with Crippen LogP contribution in [0.4, 0.5) is 11.7 Å². The van der Waals surface area contributed by atoms with E-state index in [1.165, 1.54) is 13.3 Å². The van der Waals surface area contributed by atoms with Crippen molar-refractivity contribution in [3.63, 3.8) is 0 Å². The van der Waals surface area contributed by atoms with Crippen LogP contribution >= 0.6 is 0 Å². The fourth-order valence-electron chi connectivity index (χ4n) is 2.62. The Balaban J connectivity index is 1.92. The minimum atomic E-state index is -0.740. The van der Waals surface area contributed by atoms with E-state index in [9.17, 15) is 14.4 Å². The van der Waals surface area contributed by atoms with Gasteiger partial charge in [-0.2, -0.15) is 4.98 Å². The molecule has 144 valence electrons. The van der Waals surface area contributed by atoms with Gasteiger partial charge >= 0.3 is 11.6 Å². The van der Waals surface area contributed by atoms with E-state index in [0.29, 0.717) is 16.8 Å². The number of hydrogen-bond donors (Lipinski definition) is 2. The van der Waals surface area contributed by atoms with Crippen molar-refractivity contribution in [3.05, 3.63) is 58.2 Å². The Hall–Kier alpha value is -3.75. The van der Waals surface area contributed by atoms with Crippen LogP contribution in [0.15, 0.2) is 45.7 Å². The number of hydrogen-bond acceptors (Lipinski definition) is 8. The number of nitrogens with zero attached hydrogens (tertiary/aromatic N) is 2. The third-order valence-electron chi connectivity index (χ3n) is 4.10. The molecule has 2 N–H and O–H groups in total. The summed E-state index contributed by atoms with van der Waals surface area (Å²) >= 11 is 0. The van der Waals surface area contributed by atoms with Gasteiger partial charge < -0.3 is 19.8 Å². The predicted octanol–water partition coefficient (Wildman–Crippen LogP) is 2.12. The highest BCUT2D eigenvalue weighted by Crippen LogP contribution is 2.23. The molecule has 1 atom stereocenters. The van der Waals surface area contributed by atoms with E-state index in [1.54, 1.807) is 44.2 Å². The second kappa shape index (κ2) is 7.87. The maximum atomic E-state index is 12.5. The van der Waals surface area contributed by atoms with Crippen LogP contribution in [0.5, 0.6) is 0 Å². The molecule has 0 fully saturated rings. The number of anilines is 2. The van der Waals surface area contributed by atoms with E-state index in [1.807, 2.05) is 0 Å². The van der Waals surface area contributed by atoms with Crippen LogP contribution in [0.3, 0.4) is 0 Å². The number of carbonyl (C=O) groups is 2. The zero-order valence-corrected chi connectivity index (χ0v) is 15.5. The van der Waals surface area contributed by atoms with E-state index in [-0.39, 0.29) is 17.1 Å². The Morgan fingerprint density at radius 2 is 2.00 bits per heavy atom. The fraction of sp³-hybridized carbons (Fsp3) is 0.211. The molecular formula is C19H18N4O5. The van der Waals surface area contributed by atoms with Crippen molar-refractivity contribution in [2.45, 2.75) is 19.9 Å². The molecule has 0 saturated heterocycles. The summed E-state index contributed by atoms with van der Waals surface area (Å²) in [6, 6.07) is 7.39. The van der Waals surface area contributed by atoms with Crippen LogP contribution in [-0.2, 0) is 9.53 Å². The largest absolute Gasteiger partial charge is 0.467 e. The Morgan fingerprint density at radius 1 is 1.21 bits per heavy atom. The number of benzene rings is 1. The standard InChI is InChI=1S/C19H18N4O5/c1-10-12(22-16(24)14-6-4-5-9-20-14)7-8-13-15(10)18(26)28-19(23-13)21-11(2)17(25)27-3/h4-9,11H,1-3H3,(H,21,23)(H,22,24)/t11-/m0/s1. The third-order valence-corrected chi connectivity index (χ3v) is 4.10. The van der Waals surface area contributed by atoms with Crippen molar-refractivity contribution < 1.29 is 18.7 Å². The Bertz CT molecular complexity index is 1090. The maximum Gasteiger partial charge on any atom is 0.348 e. The van der Waals surface area contributed by atoms with E-state index < -0.39 is 23.5 Å². The summed E-state index contributed by atoms with van der Waals surface area (Å²) in [5.41, 5.74) is 0.931. The predicted molar refractivity (Wildman–Crippen MR) is 102 cm³/mol. The zero-order valence-electron chi connectivity index (χ0n) is 15.5. The van der Waals surface area contributed by atoms with Gasteiger partial charge in [-0.05, 0) is 43.7 Å². The van der Waals surface area contributed by atoms with Gasteiger partial charge in [-0.3, -0.25) is 9.78 Å². The van der Waals surface area contributed by atoms with E-state index in [2.05, 4.69) is 25.3 Å². The smallest absolute Gasteiger partial charge is 0.348 e. The lowest BCUT2D eigenvalue weighted by Crippen LogP contribution is -2.28. The highest BCUT2D eigenvalue weighted by Gasteiger charge is 2.18. The van der Waals surface area contributed by atoms with Crippen LogP contribution < -0.4 is 16.3 Å². The number of carbonyl (C=O) groups excluding carboxylic acids is 2. The van der Waals surface area contributed by atoms with Crippen LogP contribution in [0.25, 0.3) is 10.9 Å². The van der Waals surface area contributed by atoms with Crippen molar-refractivity contribution in [2.24, 2.45) is 0 Å². The Morgan fingerprint density at radius 3 is 2.68 bits per heavy atom. The summed E-state index contributed by atoms with van der Waals surface area (Å²) in [6.07, 6.45) is 1.52. The van der Waals surface area contributed by atoms with Crippen LogP contribution in [0.1, 0.15) is 23.0 Å². The number of nitrogens with one attached hydrogen (secondary N) is 2. The molecule has 1 amide bonds. The van der Waals surface area contributed by atoms with E-state index >= 15 is 0 Å². The lowest BCUT2D eigenvalue weighted by atomic mass is 10.1. The molecule has 0 bridgehead atoms. The van der Waals surface area contributed by atoms with E-state index in [0.717, 1.165) is 0 Å². The molecule has 2 aromatic heterocycles. The molecule has 3 aromatic rings. The number of fused-ring (bicyclic) bond motifs is 1. The van der Waals surface area contributed by atoms with Crippen molar-refractivity contribution in [2.75, 3.05) is 17.7 Å². The van der Waals surface area contributed by atoms with Gasteiger partial charge in [0.15, 0.2) is 0 Å². The molecule has 0 radical (unpaired) electrons. The molecule has 0 aliphatic carbocycles. The number of aryl methyl sites for hydroxylation is 1. The molecular weight excluding hydrogens is 364 g/mol. The van der Waals surface area contributed by atoms with Crippen LogP contribution in [-0.4, -0.2) is 35.0 Å². The summed E-state index contributed by atoms with van der Waals surface area (Å²) in [5, 5.41) is 5.64. The lowest BCUT2D eigenvalue weighted by molar-refractivity contribution is -0.141. The average molecular weight is 382 g/mol. The number of pyridine rings is 1. The van der Waals surface area contributed by atoms with Crippen molar-refractivity contribution >= 4 is 34.5 Å². The first kappa shape index (κ1) is 19.0. The first-order chi connectivity index (χ1) is 13.4. The van der Waals surface area contributed by atoms with Gasteiger partial charge in [0.2, 0.25) is 0 Å². The van der Waals surface area contributed by atoms with Gasteiger partial charge in [0.1, 0.15) is 11.7 Å². The molecule has 9 heteroatoms. The highest BCUT2D eigenvalue weighted by atomic mass is 16.5. The fourth-order valence-corrected chi connectivity index (χ4v) is 2.62. The number of aromatic nitrogens is 2. The van der Waals surface area contributed by atoms with Gasteiger partial charge in [0.25, 0.3) is 11.9 Å². The minimum absolute atomic E-state index is 0.0972. The summed E-state index contributed by atoms with van der Waals surface area (Å²) in [6.45, 7) is 3.23. The maximum absolute atomic E-state index is 12.5. The molecule has 0 aliphatic heterocycles. The van der Waals surface area contributed by atoms with Gasteiger partial charge in [0.05, 0.1) is 18.0 Å². The molecule has 0 saturated carbocycles. The molecule has 28 heavy (non-hydrogen) atoms. The lowest BCUT2D eigenvalue weighted by Gasteiger charge is -2.12. The SMILES string of the molecule is COC(=O)[C@H](C)Nc1nc2ccc(NC(=O)c3ccccn3)c(C)c2c(=O)o1. The zero-order chi connectivity index (χ0) is 20.3. The number of esters is 1. The van der Waals surface area contributed by atoms with Gasteiger partial charge in [-0.25, -0.2) is 9.59 Å². The van der Waals surface area contributed by atoms with E-state index in [4.69, 9.17) is 4.42 Å². The second-order valence-electron chi connectivity index (χ2n) is 6.00. The molecule has 2 heterocycles. The quantitative estimate of drug-likeness (QED) is 0.643. The normalized spacial score (nSPS) is 11.7. The third kappa shape index (κ3) is 3.83. The molecule has 9 nitrogen and oxygen atoms in total. The monoisotopic (exact) mass is 382 g/mol. The number of ether oxygens (including phenoxy) is 1. The van der Waals surface area contributed by atoms with Crippen molar-refractivity contribution in [1.82, 2.24) is 9.97 Å². The average Bonchev–Trinajstić information content (AvgIpc) is 2.69. The Labute approximate surface area is 159 Å². The first-order valence-corrected chi connectivity index (χ1v) is 8.42. The summed E-state index contributed by atoms with van der Waals surface area (Å²) < 4.78 is 9.79. The van der Waals surface area contributed by atoms with Crippen molar-refractivity contribution in [1.29, 1.82) is 0 Å². The topological polar surface area (TPSA) is 123 Å². The summed E-state index contributed by atoms with van der Waals surface area (Å²) in [7, 11) is 1.26. The number of rotatable bonds is 5. The van der Waals surface area contributed by atoms with Crippen LogP contribution in [0, 0.1) is 6.92 Å². The second-order valence-corrected chi connectivity index (χ2v) is 6.00. The van der Waals surface area contributed by atoms with Gasteiger partial charge in [-0.1, -0.05) is 6.07 Å². The molecule has 1 aromatic carbocycles. The minimum Gasteiger partial charge on any atom is -0.467 e. The molecule has 0 unspecified atom stereocenters.